The van der Waals surface area contributed by atoms with Gasteiger partial charge < -0.3 is 10.5 Å². The van der Waals surface area contributed by atoms with Crippen LogP contribution in [0.1, 0.15) is 18.1 Å². The van der Waals surface area contributed by atoms with E-state index in [-0.39, 0.29) is 0 Å². The van der Waals surface area contributed by atoms with Gasteiger partial charge >= 0.3 is 0 Å². The molecule has 0 heterocycles. The molecule has 0 atom stereocenters. The Morgan fingerprint density at radius 2 is 1.95 bits per heavy atom. The van der Waals surface area contributed by atoms with Gasteiger partial charge in [0.2, 0.25) is 0 Å². The van der Waals surface area contributed by atoms with Crippen molar-refractivity contribution < 1.29 is 0 Å². The predicted octanol–water partition coefficient (Wildman–Crippen LogP) is 3.76. The quantitative estimate of drug-likeness (QED) is 0.441. The number of nitrogens with two attached hydrogens (primary N) is 1. The first-order chi connectivity index (χ1) is 9.22. The van der Waals surface area contributed by atoms with Gasteiger partial charge in [-0.15, -0.1) is 0 Å². The van der Waals surface area contributed by atoms with Crippen LogP contribution in [-0.4, -0.2) is 11.5 Å². The summed E-state index contributed by atoms with van der Waals surface area (Å²) in [4.78, 5) is 0. The normalized spacial score (nSPS) is 10.2. The Bertz CT molecular complexity index is 567. The molecule has 0 unspecified atom stereocenters. The van der Waals surface area contributed by atoms with Gasteiger partial charge in [-0.05, 0) is 18.2 Å². The van der Waals surface area contributed by atoms with Crippen LogP contribution >= 0.6 is 11.9 Å². The van der Waals surface area contributed by atoms with Crippen molar-refractivity contribution in [2.45, 2.75) is 6.92 Å². The minimum absolute atomic E-state index is 0.447. The Labute approximate surface area is 117 Å². The summed E-state index contributed by atoms with van der Waals surface area (Å²) in [5.41, 5.74) is 9.65. The van der Waals surface area contributed by atoms with Crippen LogP contribution in [0.2, 0.25) is 0 Å². The maximum Gasteiger partial charge on any atom is 0.0705 e. The average molecular weight is 271 g/mol. The van der Waals surface area contributed by atoms with Gasteiger partial charge in [0.1, 0.15) is 0 Å². The molecule has 0 spiro atoms. The van der Waals surface area contributed by atoms with E-state index in [4.69, 9.17) is 11.1 Å². The zero-order chi connectivity index (χ0) is 13.7. The number of nitrogen functional groups attached to an aromatic ring is 1. The fraction of sp³-hybridized carbons (Fsp3) is 0.133. The third-order valence-electron chi connectivity index (χ3n) is 2.72. The lowest BCUT2D eigenvalue weighted by molar-refractivity contribution is 1.45. The van der Waals surface area contributed by atoms with Gasteiger partial charge in [0.15, 0.2) is 0 Å². The van der Waals surface area contributed by atoms with E-state index < -0.39 is 0 Å². The van der Waals surface area contributed by atoms with E-state index in [2.05, 4.69) is 11.6 Å². The molecule has 2 aromatic carbocycles. The van der Waals surface area contributed by atoms with Gasteiger partial charge in [-0.2, -0.15) is 0 Å². The summed E-state index contributed by atoms with van der Waals surface area (Å²) in [5.74, 6) is 0.982. The van der Waals surface area contributed by atoms with Crippen LogP contribution in [0.15, 0.2) is 48.5 Å². The Morgan fingerprint density at radius 3 is 2.63 bits per heavy atom. The van der Waals surface area contributed by atoms with Crippen LogP contribution in [0, 0.1) is 5.41 Å². The van der Waals surface area contributed by atoms with Crippen molar-refractivity contribution in [2.75, 3.05) is 16.2 Å². The zero-order valence-corrected chi connectivity index (χ0v) is 11.6. The Balaban J connectivity index is 2.30. The number of nitrogens with one attached hydrogen (secondary N) is 2. The minimum Gasteiger partial charge on any atom is -0.398 e. The summed E-state index contributed by atoms with van der Waals surface area (Å²) in [6.07, 6.45) is 0. The van der Waals surface area contributed by atoms with E-state index >= 15 is 0 Å². The van der Waals surface area contributed by atoms with Crippen LogP contribution in [-0.2, 0) is 0 Å². The highest BCUT2D eigenvalue weighted by Gasteiger charge is 2.09. The number of benzene rings is 2. The van der Waals surface area contributed by atoms with E-state index in [9.17, 15) is 0 Å². The van der Waals surface area contributed by atoms with Gasteiger partial charge in [0, 0.05) is 28.3 Å². The molecule has 19 heavy (non-hydrogen) atoms. The molecule has 0 aliphatic rings. The van der Waals surface area contributed by atoms with E-state index in [1.165, 1.54) is 0 Å². The summed E-state index contributed by atoms with van der Waals surface area (Å²) >= 11 is 1.62. The van der Waals surface area contributed by atoms with Crippen LogP contribution in [0.25, 0.3) is 0 Å². The molecule has 3 nitrogen and oxygen atoms in total. The van der Waals surface area contributed by atoms with Gasteiger partial charge in [-0.3, -0.25) is 5.41 Å². The van der Waals surface area contributed by atoms with Gasteiger partial charge in [-0.25, -0.2) is 0 Å². The molecule has 0 aliphatic carbocycles. The zero-order valence-electron chi connectivity index (χ0n) is 10.8. The van der Waals surface area contributed by atoms with E-state index in [1.54, 1.807) is 11.9 Å². The van der Waals surface area contributed by atoms with Crippen LogP contribution in [0.4, 0.5) is 11.4 Å². The number of hydrogen-bond acceptors (Lipinski definition) is 4. The van der Waals surface area contributed by atoms with Crippen molar-refractivity contribution >= 4 is 29.0 Å². The van der Waals surface area contributed by atoms with Crippen LogP contribution < -0.4 is 10.5 Å². The van der Waals surface area contributed by atoms with Gasteiger partial charge in [0.25, 0.3) is 0 Å². The van der Waals surface area contributed by atoms with Gasteiger partial charge in [0.05, 0.1) is 5.71 Å². The Kier molecular flexibility index (Phi) is 4.47. The van der Waals surface area contributed by atoms with Crippen molar-refractivity contribution in [2.24, 2.45) is 0 Å². The second-order valence-corrected chi connectivity index (χ2v) is 5.15. The second-order valence-electron chi connectivity index (χ2n) is 4.08. The van der Waals surface area contributed by atoms with E-state index in [0.717, 1.165) is 22.6 Å². The minimum atomic E-state index is 0.447. The molecule has 0 radical (unpaired) electrons. The largest absolute Gasteiger partial charge is 0.398 e. The molecule has 0 saturated carbocycles. The Morgan fingerprint density at radius 1 is 1.21 bits per heavy atom. The average Bonchev–Trinajstić information content (AvgIpc) is 2.46. The molecule has 4 heteroatoms. The van der Waals surface area contributed by atoms with Crippen LogP contribution in [0.3, 0.4) is 0 Å². The molecule has 0 amide bonds. The maximum atomic E-state index is 8.27. The SMILES string of the molecule is CCSNc1ccc(N)c(C(=N)c2ccccc2)c1. The highest BCUT2D eigenvalue weighted by Crippen LogP contribution is 2.22. The topological polar surface area (TPSA) is 61.9 Å². The summed E-state index contributed by atoms with van der Waals surface area (Å²) in [6.45, 7) is 2.09. The lowest BCUT2D eigenvalue weighted by Gasteiger charge is -2.11. The van der Waals surface area contributed by atoms with Crippen molar-refractivity contribution in [3.05, 3.63) is 59.7 Å². The standard InChI is InChI=1S/C15H17N3S/c1-2-19-18-12-8-9-14(16)13(10-12)15(17)11-6-4-3-5-7-11/h3-10,17-18H,2,16H2,1H3. The summed E-state index contributed by atoms with van der Waals surface area (Å²) < 4.78 is 3.23. The summed E-state index contributed by atoms with van der Waals surface area (Å²) in [5, 5.41) is 8.27. The van der Waals surface area contributed by atoms with Gasteiger partial charge in [-0.1, -0.05) is 49.2 Å². The summed E-state index contributed by atoms with van der Waals surface area (Å²) in [7, 11) is 0. The van der Waals surface area contributed by atoms with E-state index in [0.29, 0.717) is 11.4 Å². The number of anilines is 2. The molecular formula is C15H17N3S. The number of hydrogen-bond donors (Lipinski definition) is 3. The lowest BCUT2D eigenvalue weighted by Crippen LogP contribution is -2.06. The molecular weight excluding hydrogens is 254 g/mol. The third kappa shape index (κ3) is 3.29. The second kappa shape index (κ2) is 6.29. The van der Waals surface area contributed by atoms with Crippen molar-refractivity contribution in [3.63, 3.8) is 0 Å². The highest BCUT2D eigenvalue weighted by molar-refractivity contribution is 8.00. The van der Waals surface area contributed by atoms with Crippen molar-refractivity contribution in [3.8, 4) is 0 Å². The molecule has 2 aromatic rings. The van der Waals surface area contributed by atoms with Crippen molar-refractivity contribution in [1.29, 1.82) is 5.41 Å². The van der Waals surface area contributed by atoms with E-state index in [1.807, 2.05) is 48.5 Å². The molecule has 2 rings (SSSR count). The third-order valence-corrected chi connectivity index (χ3v) is 3.39. The first-order valence-corrected chi connectivity index (χ1v) is 7.12. The van der Waals surface area contributed by atoms with Crippen molar-refractivity contribution in [1.82, 2.24) is 0 Å². The molecule has 4 N–H and O–H groups in total. The maximum absolute atomic E-state index is 8.27. The molecule has 0 fully saturated rings. The lowest BCUT2D eigenvalue weighted by atomic mass is 10.0. The fourth-order valence-electron chi connectivity index (χ4n) is 1.75. The molecule has 0 aliphatic heterocycles. The summed E-state index contributed by atoms with van der Waals surface area (Å²) in [6, 6.07) is 15.3. The molecule has 98 valence electrons. The smallest absolute Gasteiger partial charge is 0.0705 e. The first kappa shape index (κ1) is 13.5. The molecule has 0 aromatic heterocycles. The highest BCUT2D eigenvalue weighted by atomic mass is 32.2. The van der Waals surface area contributed by atoms with Crippen LogP contribution in [0.5, 0.6) is 0 Å². The predicted molar refractivity (Wildman–Crippen MR) is 85.0 cm³/mol. The number of rotatable bonds is 5. The molecule has 0 saturated heterocycles. The first-order valence-electron chi connectivity index (χ1n) is 6.14. The fourth-order valence-corrected chi connectivity index (χ4v) is 2.19. The Hall–Kier alpha value is -1.94. The monoisotopic (exact) mass is 271 g/mol. The molecule has 0 bridgehead atoms.